The summed E-state index contributed by atoms with van der Waals surface area (Å²) in [6.07, 6.45) is 2.27. The van der Waals surface area contributed by atoms with Gasteiger partial charge in [-0.3, -0.25) is 9.59 Å². The summed E-state index contributed by atoms with van der Waals surface area (Å²) in [4.78, 5) is 24.4. The van der Waals surface area contributed by atoms with Crippen molar-refractivity contribution in [2.45, 2.75) is 39.7 Å². The van der Waals surface area contributed by atoms with Crippen LogP contribution in [0.2, 0.25) is 0 Å². The van der Waals surface area contributed by atoms with Crippen LogP contribution in [-0.2, 0) is 11.3 Å². The molecule has 0 unspecified atom stereocenters. The number of rotatable bonds is 7. The molecule has 2 aromatic rings. The molecule has 0 saturated heterocycles. The molecular formula is C20H24N2O2. The Kier molecular flexibility index (Phi) is 6.55. The molecular weight excluding hydrogens is 300 g/mol. The van der Waals surface area contributed by atoms with Crippen molar-refractivity contribution < 1.29 is 9.59 Å². The predicted molar refractivity (Wildman–Crippen MR) is 96.9 cm³/mol. The van der Waals surface area contributed by atoms with Gasteiger partial charge in [-0.05, 0) is 31.0 Å². The monoisotopic (exact) mass is 324 g/mol. The molecule has 0 aromatic heterocycles. The molecule has 0 aliphatic rings. The van der Waals surface area contributed by atoms with Crippen LogP contribution in [-0.4, -0.2) is 11.8 Å². The lowest BCUT2D eigenvalue weighted by molar-refractivity contribution is -0.116. The van der Waals surface area contributed by atoms with Gasteiger partial charge in [0.05, 0.1) is 11.3 Å². The van der Waals surface area contributed by atoms with Crippen LogP contribution in [0.3, 0.4) is 0 Å². The van der Waals surface area contributed by atoms with E-state index in [1.165, 1.54) is 5.56 Å². The number of benzene rings is 2. The minimum absolute atomic E-state index is 0.0596. The Bertz CT molecular complexity index is 693. The average molecular weight is 324 g/mol. The van der Waals surface area contributed by atoms with E-state index in [1.54, 1.807) is 18.2 Å². The van der Waals surface area contributed by atoms with Crippen molar-refractivity contribution in [1.29, 1.82) is 0 Å². The average Bonchev–Trinajstić information content (AvgIpc) is 2.59. The molecule has 0 aliphatic heterocycles. The Balaban J connectivity index is 2.01. The highest BCUT2D eigenvalue weighted by Gasteiger charge is 2.12. The lowest BCUT2D eigenvalue weighted by Crippen LogP contribution is -2.24. The first-order valence-corrected chi connectivity index (χ1v) is 8.32. The second-order valence-corrected chi connectivity index (χ2v) is 5.87. The Labute approximate surface area is 143 Å². The van der Waals surface area contributed by atoms with Gasteiger partial charge in [-0.1, -0.05) is 55.3 Å². The van der Waals surface area contributed by atoms with Crippen LogP contribution in [0.4, 0.5) is 5.69 Å². The van der Waals surface area contributed by atoms with Crippen LogP contribution in [0.25, 0.3) is 0 Å². The van der Waals surface area contributed by atoms with E-state index >= 15 is 0 Å². The number of unbranched alkanes of at least 4 members (excludes halogenated alkanes) is 1. The molecule has 2 rings (SSSR count). The van der Waals surface area contributed by atoms with Crippen LogP contribution >= 0.6 is 0 Å². The standard InChI is InChI=1S/C20H24N2O2/c1-3-4-9-19(23)22-18-8-6-5-7-17(18)20(24)21-14-16-12-10-15(2)11-13-16/h5-8,10-13H,3-4,9,14H2,1-2H3,(H,21,24)(H,22,23). The molecule has 4 heteroatoms. The van der Waals surface area contributed by atoms with Gasteiger partial charge in [0.1, 0.15) is 0 Å². The van der Waals surface area contributed by atoms with Crippen molar-refractivity contribution in [2.24, 2.45) is 0 Å². The first-order valence-electron chi connectivity index (χ1n) is 8.32. The van der Waals surface area contributed by atoms with E-state index in [-0.39, 0.29) is 11.8 Å². The topological polar surface area (TPSA) is 58.2 Å². The van der Waals surface area contributed by atoms with Crippen LogP contribution in [0.5, 0.6) is 0 Å². The molecule has 0 fully saturated rings. The number of amides is 2. The molecule has 0 radical (unpaired) electrons. The summed E-state index contributed by atoms with van der Waals surface area (Å²) < 4.78 is 0. The van der Waals surface area contributed by atoms with Gasteiger partial charge in [-0.15, -0.1) is 0 Å². The number of hydrogen-bond acceptors (Lipinski definition) is 2. The molecule has 0 heterocycles. The van der Waals surface area contributed by atoms with Crippen molar-refractivity contribution in [3.63, 3.8) is 0 Å². The van der Waals surface area contributed by atoms with Gasteiger partial charge in [0.15, 0.2) is 0 Å². The highest BCUT2D eigenvalue weighted by atomic mass is 16.2. The van der Waals surface area contributed by atoms with Crippen LogP contribution < -0.4 is 10.6 Å². The van der Waals surface area contributed by atoms with Gasteiger partial charge < -0.3 is 10.6 Å². The molecule has 0 saturated carbocycles. The Morgan fingerprint density at radius 1 is 1.00 bits per heavy atom. The zero-order chi connectivity index (χ0) is 17.4. The highest BCUT2D eigenvalue weighted by molar-refractivity contribution is 6.03. The minimum atomic E-state index is -0.193. The van der Waals surface area contributed by atoms with Crippen molar-refractivity contribution in [3.05, 3.63) is 65.2 Å². The lowest BCUT2D eigenvalue weighted by atomic mass is 10.1. The molecule has 24 heavy (non-hydrogen) atoms. The number of nitrogens with one attached hydrogen (secondary N) is 2. The maximum Gasteiger partial charge on any atom is 0.253 e. The number of aryl methyl sites for hydroxylation is 1. The number of carbonyl (C=O) groups is 2. The molecule has 2 amide bonds. The van der Waals surface area contributed by atoms with E-state index in [2.05, 4.69) is 10.6 Å². The Hall–Kier alpha value is -2.62. The lowest BCUT2D eigenvalue weighted by Gasteiger charge is -2.11. The fraction of sp³-hybridized carbons (Fsp3) is 0.300. The summed E-state index contributed by atoms with van der Waals surface area (Å²) in [6.45, 7) is 4.52. The summed E-state index contributed by atoms with van der Waals surface area (Å²) in [5.41, 5.74) is 3.26. The maximum atomic E-state index is 12.4. The second kappa shape index (κ2) is 8.87. The van der Waals surface area contributed by atoms with E-state index in [9.17, 15) is 9.59 Å². The van der Waals surface area contributed by atoms with Crippen LogP contribution in [0.15, 0.2) is 48.5 Å². The molecule has 2 N–H and O–H groups in total. The molecule has 0 aliphatic carbocycles. The highest BCUT2D eigenvalue weighted by Crippen LogP contribution is 2.16. The first-order chi connectivity index (χ1) is 11.6. The molecule has 2 aromatic carbocycles. The molecule has 126 valence electrons. The smallest absolute Gasteiger partial charge is 0.253 e. The summed E-state index contributed by atoms with van der Waals surface area (Å²) >= 11 is 0. The zero-order valence-corrected chi connectivity index (χ0v) is 14.3. The van der Waals surface area contributed by atoms with E-state index in [4.69, 9.17) is 0 Å². The number of anilines is 1. The molecule has 0 atom stereocenters. The van der Waals surface area contributed by atoms with Gasteiger partial charge >= 0.3 is 0 Å². The molecule has 0 bridgehead atoms. The first kappa shape index (κ1) is 17.7. The quantitative estimate of drug-likeness (QED) is 0.807. The van der Waals surface area contributed by atoms with Gasteiger partial charge in [-0.2, -0.15) is 0 Å². The molecule has 0 spiro atoms. The number of para-hydroxylation sites is 1. The SMILES string of the molecule is CCCCC(=O)Nc1ccccc1C(=O)NCc1ccc(C)cc1. The van der Waals surface area contributed by atoms with Crippen molar-refractivity contribution in [1.82, 2.24) is 5.32 Å². The van der Waals surface area contributed by atoms with E-state index in [0.717, 1.165) is 18.4 Å². The van der Waals surface area contributed by atoms with Crippen molar-refractivity contribution in [2.75, 3.05) is 5.32 Å². The normalized spacial score (nSPS) is 10.2. The maximum absolute atomic E-state index is 12.4. The van der Waals surface area contributed by atoms with Gasteiger partial charge in [0.2, 0.25) is 5.91 Å². The third kappa shape index (κ3) is 5.23. The molecule has 4 nitrogen and oxygen atoms in total. The predicted octanol–water partition coefficient (Wildman–Crippen LogP) is 4.05. The second-order valence-electron chi connectivity index (χ2n) is 5.87. The van der Waals surface area contributed by atoms with Gasteiger partial charge in [0.25, 0.3) is 5.91 Å². The van der Waals surface area contributed by atoms with E-state index in [1.807, 2.05) is 44.2 Å². The summed E-state index contributed by atoms with van der Waals surface area (Å²) in [6, 6.07) is 15.1. The summed E-state index contributed by atoms with van der Waals surface area (Å²) in [7, 11) is 0. The largest absolute Gasteiger partial charge is 0.348 e. The van der Waals surface area contributed by atoms with Crippen molar-refractivity contribution >= 4 is 17.5 Å². The zero-order valence-electron chi connectivity index (χ0n) is 14.3. The Morgan fingerprint density at radius 2 is 1.71 bits per heavy atom. The third-order valence-electron chi connectivity index (χ3n) is 3.78. The van der Waals surface area contributed by atoms with Crippen molar-refractivity contribution in [3.8, 4) is 0 Å². The number of carbonyl (C=O) groups excluding carboxylic acids is 2. The van der Waals surface area contributed by atoms with Gasteiger partial charge in [-0.25, -0.2) is 0 Å². The Morgan fingerprint density at radius 3 is 2.42 bits per heavy atom. The van der Waals surface area contributed by atoms with E-state index < -0.39 is 0 Å². The minimum Gasteiger partial charge on any atom is -0.348 e. The fourth-order valence-electron chi connectivity index (χ4n) is 2.32. The van der Waals surface area contributed by atoms with Crippen LogP contribution in [0.1, 0.15) is 47.7 Å². The third-order valence-corrected chi connectivity index (χ3v) is 3.78. The van der Waals surface area contributed by atoms with Crippen LogP contribution in [0, 0.1) is 6.92 Å². The fourth-order valence-corrected chi connectivity index (χ4v) is 2.32. The van der Waals surface area contributed by atoms with Gasteiger partial charge in [0, 0.05) is 13.0 Å². The summed E-state index contributed by atoms with van der Waals surface area (Å²) in [5.74, 6) is -0.252. The number of hydrogen-bond donors (Lipinski definition) is 2. The van der Waals surface area contributed by atoms with E-state index in [0.29, 0.717) is 24.2 Å². The summed E-state index contributed by atoms with van der Waals surface area (Å²) in [5, 5.41) is 5.73.